The van der Waals surface area contributed by atoms with Crippen LogP contribution in [0.5, 0.6) is 0 Å². The SMILES string of the molecule is CCN(CC)CCn1c(C(C)C)nc2sc3c(c2c1=O)CCC(C)C3. The number of aromatic nitrogens is 2. The fourth-order valence-corrected chi connectivity index (χ4v) is 5.26. The van der Waals surface area contributed by atoms with Gasteiger partial charge in [-0.1, -0.05) is 34.6 Å². The average Bonchev–Trinajstić information content (AvgIpc) is 2.94. The molecule has 3 rings (SSSR count). The summed E-state index contributed by atoms with van der Waals surface area (Å²) in [6.45, 7) is 14.6. The molecule has 5 heteroatoms. The number of fused-ring (bicyclic) bond motifs is 3. The minimum Gasteiger partial charge on any atom is -0.302 e. The van der Waals surface area contributed by atoms with Crippen LogP contribution < -0.4 is 5.56 Å². The molecule has 0 bridgehead atoms. The summed E-state index contributed by atoms with van der Waals surface area (Å²) in [5.74, 6) is 1.91. The summed E-state index contributed by atoms with van der Waals surface area (Å²) in [5.41, 5.74) is 1.48. The van der Waals surface area contributed by atoms with E-state index in [9.17, 15) is 4.79 Å². The number of nitrogens with zero attached hydrogens (tertiary/aromatic N) is 3. The zero-order valence-electron chi connectivity index (χ0n) is 16.3. The fourth-order valence-electron chi connectivity index (χ4n) is 3.88. The van der Waals surface area contributed by atoms with E-state index in [-0.39, 0.29) is 11.5 Å². The lowest BCUT2D eigenvalue weighted by Gasteiger charge is -2.21. The molecule has 2 aromatic rings. The van der Waals surface area contributed by atoms with E-state index in [0.29, 0.717) is 0 Å². The third-order valence-corrected chi connectivity index (χ3v) is 6.64. The highest BCUT2D eigenvalue weighted by Crippen LogP contribution is 2.36. The fraction of sp³-hybridized carbons (Fsp3) is 0.700. The standard InChI is InChI=1S/C20H31N3OS/c1-6-22(7-2)10-11-23-18(13(3)4)21-19-17(20(23)24)15-9-8-14(5)12-16(15)25-19/h13-14H,6-12H2,1-5H3. The molecular formula is C20H31N3OS. The lowest BCUT2D eigenvalue weighted by Crippen LogP contribution is -2.33. The first-order valence-electron chi connectivity index (χ1n) is 9.73. The van der Waals surface area contributed by atoms with Crippen molar-refractivity contribution in [2.24, 2.45) is 5.92 Å². The summed E-state index contributed by atoms with van der Waals surface area (Å²) in [5, 5.41) is 0.913. The van der Waals surface area contributed by atoms with Gasteiger partial charge in [-0.2, -0.15) is 0 Å². The molecule has 1 aliphatic rings. The number of hydrogen-bond donors (Lipinski definition) is 0. The Balaban J connectivity index is 2.09. The van der Waals surface area contributed by atoms with Gasteiger partial charge in [-0.3, -0.25) is 9.36 Å². The van der Waals surface area contributed by atoms with Crippen LogP contribution in [-0.2, 0) is 19.4 Å². The van der Waals surface area contributed by atoms with E-state index in [4.69, 9.17) is 4.98 Å². The molecule has 138 valence electrons. The molecule has 0 aromatic carbocycles. The maximum absolute atomic E-state index is 13.4. The number of aryl methyl sites for hydroxylation is 1. The molecule has 1 unspecified atom stereocenters. The number of hydrogen-bond acceptors (Lipinski definition) is 4. The Morgan fingerprint density at radius 2 is 2.04 bits per heavy atom. The maximum atomic E-state index is 13.4. The van der Waals surface area contributed by atoms with Gasteiger partial charge in [-0.25, -0.2) is 4.98 Å². The van der Waals surface area contributed by atoms with Gasteiger partial charge in [-0.15, -0.1) is 11.3 Å². The monoisotopic (exact) mass is 361 g/mol. The van der Waals surface area contributed by atoms with Crippen LogP contribution in [0.3, 0.4) is 0 Å². The first kappa shape index (κ1) is 18.6. The molecule has 1 atom stereocenters. The van der Waals surface area contributed by atoms with E-state index >= 15 is 0 Å². The van der Waals surface area contributed by atoms with Gasteiger partial charge < -0.3 is 4.90 Å². The topological polar surface area (TPSA) is 38.1 Å². The van der Waals surface area contributed by atoms with Gasteiger partial charge >= 0.3 is 0 Å². The van der Waals surface area contributed by atoms with Gasteiger partial charge in [0.25, 0.3) is 5.56 Å². The summed E-state index contributed by atoms with van der Waals surface area (Å²) in [4.78, 5) is 23.1. The first-order chi connectivity index (χ1) is 12.0. The molecule has 0 amide bonds. The van der Waals surface area contributed by atoms with Crippen molar-refractivity contribution in [2.45, 2.75) is 66.3 Å². The zero-order chi connectivity index (χ0) is 18.1. The normalized spacial score (nSPS) is 17.6. The van der Waals surface area contributed by atoms with Gasteiger partial charge in [0.1, 0.15) is 10.7 Å². The lowest BCUT2D eigenvalue weighted by molar-refractivity contribution is 0.286. The Hall–Kier alpha value is -1.20. The number of rotatable bonds is 6. The van der Waals surface area contributed by atoms with Crippen LogP contribution in [0.1, 0.15) is 63.2 Å². The van der Waals surface area contributed by atoms with Crippen molar-refractivity contribution in [3.05, 3.63) is 26.6 Å². The third kappa shape index (κ3) is 3.54. The predicted molar refractivity (Wildman–Crippen MR) is 107 cm³/mol. The summed E-state index contributed by atoms with van der Waals surface area (Å²) in [6.07, 6.45) is 3.32. The van der Waals surface area contributed by atoms with Crippen molar-refractivity contribution in [1.82, 2.24) is 14.5 Å². The molecule has 4 nitrogen and oxygen atoms in total. The maximum Gasteiger partial charge on any atom is 0.262 e. The molecule has 0 radical (unpaired) electrons. The second-order valence-electron chi connectivity index (χ2n) is 7.64. The molecule has 25 heavy (non-hydrogen) atoms. The highest BCUT2D eigenvalue weighted by Gasteiger charge is 2.25. The second-order valence-corrected chi connectivity index (χ2v) is 8.72. The van der Waals surface area contributed by atoms with Gasteiger partial charge in [0.2, 0.25) is 0 Å². The van der Waals surface area contributed by atoms with E-state index in [2.05, 4.69) is 39.5 Å². The Bertz CT molecular complexity index is 801. The van der Waals surface area contributed by atoms with Gasteiger partial charge in [0, 0.05) is 23.9 Å². The van der Waals surface area contributed by atoms with E-state index < -0.39 is 0 Å². The molecule has 0 aliphatic heterocycles. The summed E-state index contributed by atoms with van der Waals surface area (Å²) in [7, 11) is 0. The zero-order valence-corrected chi connectivity index (χ0v) is 17.1. The minimum absolute atomic E-state index is 0.188. The smallest absolute Gasteiger partial charge is 0.262 e. The van der Waals surface area contributed by atoms with E-state index in [1.54, 1.807) is 11.3 Å². The van der Waals surface area contributed by atoms with Crippen LogP contribution in [0, 0.1) is 5.92 Å². The van der Waals surface area contributed by atoms with Crippen LogP contribution in [0.4, 0.5) is 0 Å². The van der Waals surface area contributed by atoms with Crippen LogP contribution in [-0.4, -0.2) is 34.1 Å². The van der Waals surface area contributed by atoms with Crippen LogP contribution >= 0.6 is 11.3 Å². The van der Waals surface area contributed by atoms with Crippen molar-refractivity contribution in [2.75, 3.05) is 19.6 Å². The molecule has 0 fully saturated rings. The Kier molecular flexibility index (Phi) is 5.64. The average molecular weight is 362 g/mol. The Labute approximate surface area is 154 Å². The Morgan fingerprint density at radius 1 is 1.32 bits per heavy atom. The largest absolute Gasteiger partial charge is 0.302 e. The predicted octanol–water partition coefficient (Wildman–Crippen LogP) is 4.05. The van der Waals surface area contributed by atoms with Crippen LogP contribution in [0.15, 0.2) is 4.79 Å². The van der Waals surface area contributed by atoms with Crippen molar-refractivity contribution in [1.29, 1.82) is 0 Å². The second kappa shape index (κ2) is 7.58. The molecule has 0 spiro atoms. The van der Waals surface area contributed by atoms with Crippen LogP contribution in [0.25, 0.3) is 10.2 Å². The van der Waals surface area contributed by atoms with E-state index in [1.807, 2.05) is 4.57 Å². The van der Waals surface area contributed by atoms with E-state index in [0.717, 1.165) is 61.0 Å². The van der Waals surface area contributed by atoms with Crippen molar-refractivity contribution < 1.29 is 0 Å². The molecule has 0 saturated carbocycles. The third-order valence-electron chi connectivity index (χ3n) is 5.50. The van der Waals surface area contributed by atoms with E-state index in [1.165, 1.54) is 16.9 Å². The molecule has 0 saturated heterocycles. The first-order valence-corrected chi connectivity index (χ1v) is 10.5. The minimum atomic E-state index is 0.188. The lowest BCUT2D eigenvalue weighted by atomic mass is 9.89. The summed E-state index contributed by atoms with van der Waals surface area (Å²) in [6, 6.07) is 0. The quantitative estimate of drug-likeness (QED) is 0.779. The number of thiophene rings is 1. The molecule has 2 heterocycles. The number of likely N-dealkylation sites (N-methyl/N-ethyl adjacent to an activating group) is 1. The highest BCUT2D eigenvalue weighted by atomic mass is 32.1. The summed E-state index contributed by atoms with van der Waals surface area (Å²) >= 11 is 1.76. The molecular weight excluding hydrogens is 330 g/mol. The summed E-state index contributed by atoms with van der Waals surface area (Å²) < 4.78 is 1.95. The van der Waals surface area contributed by atoms with Crippen molar-refractivity contribution >= 4 is 21.6 Å². The molecule has 2 aromatic heterocycles. The van der Waals surface area contributed by atoms with Crippen molar-refractivity contribution in [3.8, 4) is 0 Å². The van der Waals surface area contributed by atoms with Gasteiger partial charge in [0.15, 0.2) is 0 Å². The van der Waals surface area contributed by atoms with Crippen molar-refractivity contribution in [3.63, 3.8) is 0 Å². The molecule has 0 N–H and O–H groups in total. The highest BCUT2D eigenvalue weighted by molar-refractivity contribution is 7.18. The van der Waals surface area contributed by atoms with Crippen LogP contribution in [0.2, 0.25) is 0 Å². The van der Waals surface area contributed by atoms with Gasteiger partial charge in [-0.05, 0) is 43.8 Å². The molecule has 1 aliphatic carbocycles. The Morgan fingerprint density at radius 3 is 2.68 bits per heavy atom. The van der Waals surface area contributed by atoms with Gasteiger partial charge in [0.05, 0.1) is 5.39 Å².